The van der Waals surface area contributed by atoms with E-state index in [2.05, 4.69) is 20.9 Å². The number of thiazole rings is 1. The molecular formula is C12H12BrFN2S. The van der Waals surface area contributed by atoms with Crippen LogP contribution in [-0.2, 0) is 6.42 Å². The molecule has 2 N–H and O–H groups in total. The highest BCUT2D eigenvalue weighted by atomic mass is 79.9. The second kappa shape index (κ2) is 5.71. The van der Waals surface area contributed by atoms with E-state index in [9.17, 15) is 4.39 Å². The maximum Gasteiger partial charge on any atom is 0.131 e. The molecule has 0 saturated heterocycles. The van der Waals surface area contributed by atoms with Crippen LogP contribution in [0.2, 0.25) is 0 Å². The standard InChI is InChI=1S/C12H12BrFN2S/c13-8-3-4-10(14)9(6-8)11-7-16-12(17-11)2-1-5-15/h3-4,6-7H,1-2,5,15H2. The maximum atomic E-state index is 13.7. The SMILES string of the molecule is NCCCc1ncc(-c2cc(Br)ccc2F)s1. The van der Waals surface area contributed by atoms with Crippen molar-refractivity contribution in [1.82, 2.24) is 4.98 Å². The summed E-state index contributed by atoms with van der Waals surface area (Å²) in [5, 5.41) is 1.00. The van der Waals surface area contributed by atoms with Crippen LogP contribution in [0.1, 0.15) is 11.4 Å². The predicted molar refractivity (Wildman–Crippen MR) is 72.6 cm³/mol. The van der Waals surface area contributed by atoms with E-state index in [0.29, 0.717) is 12.1 Å². The molecule has 0 aliphatic carbocycles. The van der Waals surface area contributed by atoms with Crippen molar-refractivity contribution in [2.45, 2.75) is 12.8 Å². The number of nitrogens with two attached hydrogens (primary N) is 1. The van der Waals surface area contributed by atoms with Crippen LogP contribution in [0, 0.1) is 5.82 Å². The Morgan fingerprint density at radius 3 is 3.00 bits per heavy atom. The summed E-state index contributed by atoms with van der Waals surface area (Å²) >= 11 is 4.86. The lowest BCUT2D eigenvalue weighted by Crippen LogP contribution is -1.99. The molecule has 2 nitrogen and oxygen atoms in total. The number of aromatic nitrogens is 1. The highest BCUT2D eigenvalue weighted by molar-refractivity contribution is 9.10. The molecule has 0 atom stereocenters. The van der Waals surface area contributed by atoms with E-state index in [4.69, 9.17) is 5.73 Å². The predicted octanol–water partition coefficient (Wildman–Crippen LogP) is 3.60. The van der Waals surface area contributed by atoms with Crippen LogP contribution in [0.4, 0.5) is 4.39 Å². The number of rotatable bonds is 4. The van der Waals surface area contributed by atoms with Gasteiger partial charge in [-0.1, -0.05) is 15.9 Å². The molecule has 0 aliphatic heterocycles. The molecule has 0 amide bonds. The van der Waals surface area contributed by atoms with Crippen molar-refractivity contribution in [2.75, 3.05) is 6.54 Å². The third-order valence-electron chi connectivity index (χ3n) is 2.34. The van der Waals surface area contributed by atoms with Crippen molar-refractivity contribution in [3.05, 3.63) is 39.7 Å². The Morgan fingerprint density at radius 2 is 2.24 bits per heavy atom. The third-order valence-corrected chi connectivity index (χ3v) is 3.93. The first kappa shape index (κ1) is 12.7. The van der Waals surface area contributed by atoms with Crippen LogP contribution < -0.4 is 5.73 Å². The van der Waals surface area contributed by atoms with E-state index in [1.807, 2.05) is 0 Å². The summed E-state index contributed by atoms with van der Waals surface area (Å²) < 4.78 is 14.5. The Morgan fingerprint density at radius 1 is 1.41 bits per heavy atom. The highest BCUT2D eigenvalue weighted by Crippen LogP contribution is 2.30. The average Bonchev–Trinajstić information content (AvgIpc) is 2.78. The number of hydrogen-bond donors (Lipinski definition) is 1. The zero-order valence-corrected chi connectivity index (χ0v) is 11.5. The summed E-state index contributed by atoms with van der Waals surface area (Å²) in [5.41, 5.74) is 6.04. The lowest BCUT2D eigenvalue weighted by Gasteiger charge is -1.99. The summed E-state index contributed by atoms with van der Waals surface area (Å²) in [6.45, 7) is 0.653. The van der Waals surface area contributed by atoms with Crippen LogP contribution in [0.25, 0.3) is 10.4 Å². The molecule has 0 unspecified atom stereocenters. The minimum absolute atomic E-state index is 0.220. The monoisotopic (exact) mass is 314 g/mol. The fourth-order valence-electron chi connectivity index (χ4n) is 1.49. The molecule has 0 spiro atoms. The fourth-order valence-corrected chi connectivity index (χ4v) is 2.83. The van der Waals surface area contributed by atoms with Gasteiger partial charge in [-0.25, -0.2) is 9.37 Å². The summed E-state index contributed by atoms with van der Waals surface area (Å²) in [5.74, 6) is -0.220. The van der Waals surface area contributed by atoms with Crippen molar-refractivity contribution in [3.8, 4) is 10.4 Å². The lowest BCUT2D eigenvalue weighted by molar-refractivity contribution is 0.631. The largest absolute Gasteiger partial charge is 0.330 e. The quantitative estimate of drug-likeness (QED) is 0.936. The molecule has 2 rings (SSSR count). The first-order valence-electron chi connectivity index (χ1n) is 5.31. The van der Waals surface area contributed by atoms with Crippen molar-refractivity contribution in [3.63, 3.8) is 0 Å². The molecule has 0 bridgehead atoms. The van der Waals surface area contributed by atoms with Gasteiger partial charge in [0.25, 0.3) is 0 Å². The van der Waals surface area contributed by atoms with Crippen molar-refractivity contribution < 1.29 is 4.39 Å². The molecule has 90 valence electrons. The maximum absolute atomic E-state index is 13.7. The van der Waals surface area contributed by atoms with Crippen LogP contribution in [0.15, 0.2) is 28.9 Å². The smallest absolute Gasteiger partial charge is 0.131 e. The summed E-state index contributed by atoms with van der Waals surface area (Å²) in [6.07, 6.45) is 3.49. The number of benzene rings is 1. The molecule has 0 aliphatic rings. The second-order valence-electron chi connectivity index (χ2n) is 3.63. The van der Waals surface area contributed by atoms with Crippen LogP contribution in [0.3, 0.4) is 0 Å². The van der Waals surface area contributed by atoms with Gasteiger partial charge in [-0.05, 0) is 31.2 Å². The van der Waals surface area contributed by atoms with E-state index in [-0.39, 0.29) is 5.82 Å². The van der Waals surface area contributed by atoms with Crippen LogP contribution in [0.5, 0.6) is 0 Å². The topological polar surface area (TPSA) is 38.9 Å². The minimum atomic E-state index is -0.220. The highest BCUT2D eigenvalue weighted by Gasteiger charge is 2.09. The Bertz CT molecular complexity index is 513. The fraction of sp³-hybridized carbons (Fsp3) is 0.250. The van der Waals surface area contributed by atoms with Crippen LogP contribution in [-0.4, -0.2) is 11.5 Å². The van der Waals surface area contributed by atoms with Gasteiger partial charge in [-0.2, -0.15) is 0 Å². The van der Waals surface area contributed by atoms with Gasteiger partial charge in [-0.3, -0.25) is 0 Å². The molecule has 0 saturated carbocycles. The third kappa shape index (κ3) is 3.12. The van der Waals surface area contributed by atoms with Gasteiger partial charge in [0.05, 0.1) is 9.88 Å². The molecular weight excluding hydrogens is 303 g/mol. The number of halogens is 2. The lowest BCUT2D eigenvalue weighted by atomic mass is 10.2. The van der Waals surface area contributed by atoms with Crippen molar-refractivity contribution in [2.24, 2.45) is 5.73 Å². The first-order valence-corrected chi connectivity index (χ1v) is 6.92. The minimum Gasteiger partial charge on any atom is -0.330 e. The Kier molecular flexibility index (Phi) is 4.25. The van der Waals surface area contributed by atoms with Gasteiger partial charge in [-0.15, -0.1) is 11.3 Å². The van der Waals surface area contributed by atoms with Gasteiger partial charge in [0.15, 0.2) is 0 Å². The summed E-state index contributed by atoms with van der Waals surface area (Å²) in [6, 6.07) is 4.92. The number of hydrogen-bond acceptors (Lipinski definition) is 3. The summed E-state index contributed by atoms with van der Waals surface area (Å²) in [4.78, 5) is 5.14. The molecule has 17 heavy (non-hydrogen) atoms. The van der Waals surface area contributed by atoms with Crippen molar-refractivity contribution in [1.29, 1.82) is 0 Å². The first-order chi connectivity index (χ1) is 8.20. The normalized spacial score (nSPS) is 10.8. The van der Waals surface area contributed by atoms with Gasteiger partial charge in [0.1, 0.15) is 5.82 Å². The molecule has 0 radical (unpaired) electrons. The van der Waals surface area contributed by atoms with Gasteiger partial charge >= 0.3 is 0 Å². The molecule has 0 fully saturated rings. The average molecular weight is 315 g/mol. The molecule has 1 aromatic heterocycles. The van der Waals surface area contributed by atoms with E-state index in [1.165, 1.54) is 17.4 Å². The van der Waals surface area contributed by atoms with E-state index >= 15 is 0 Å². The van der Waals surface area contributed by atoms with Crippen molar-refractivity contribution >= 4 is 27.3 Å². The Labute approximate surface area is 112 Å². The zero-order valence-electron chi connectivity index (χ0n) is 9.12. The number of nitrogens with zero attached hydrogens (tertiary/aromatic N) is 1. The van der Waals surface area contributed by atoms with E-state index < -0.39 is 0 Å². The van der Waals surface area contributed by atoms with Gasteiger partial charge < -0.3 is 5.73 Å². The van der Waals surface area contributed by atoms with E-state index in [1.54, 1.807) is 18.3 Å². The molecule has 1 aromatic carbocycles. The Balaban J connectivity index is 2.27. The molecule has 2 aromatic rings. The second-order valence-corrected chi connectivity index (χ2v) is 5.67. The van der Waals surface area contributed by atoms with E-state index in [0.717, 1.165) is 27.2 Å². The molecule has 1 heterocycles. The van der Waals surface area contributed by atoms with Crippen LogP contribution >= 0.6 is 27.3 Å². The molecule has 5 heteroatoms. The van der Waals surface area contributed by atoms with Gasteiger partial charge in [0.2, 0.25) is 0 Å². The van der Waals surface area contributed by atoms with Gasteiger partial charge in [0, 0.05) is 22.7 Å². The zero-order chi connectivity index (χ0) is 12.3. The Hall–Kier alpha value is -0.780. The summed E-state index contributed by atoms with van der Waals surface area (Å²) in [7, 11) is 0. The number of aryl methyl sites for hydroxylation is 1.